The molecule has 0 saturated heterocycles. The molecule has 114 valence electrons. The van der Waals surface area contributed by atoms with Crippen LogP contribution in [-0.2, 0) is 0 Å². The van der Waals surface area contributed by atoms with Crippen molar-refractivity contribution in [2.45, 2.75) is 13.8 Å². The monoisotopic (exact) mass is 304 g/mol. The number of hydrogen-bond acceptors (Lipinski definition) is 4. The number of carbonyl (C=O) groups is 1. The second kappa shape index (κ2) is 6.36. The highest BCUT2D eigenvalue weighted by molar-refractivity contribution is 6.03. The van der Waals surface area contributed by atoms with Crippen LogP contribution >= 0.6 is 0 Å². The molecule has 23 heavy (non-hydrogen) atoms. The van der Waals surface area contributed by atoms with Crippen molar-refractivity contribution in [1.29, 1.82) is 0 Å². The zero-order valence-electron chi connectivity index (χ0n) is 12.9. The predicted molar refractivity (Wildman–Crippen MR) is 89.1 cm³/mol. The van der Waals surface area contributed by atoms with Gasteiger partial charge in [-0.05, 0) is 55.3 Å². The van der Waals surface area contributed by atoms with Crippen LogP contribution in [0, 0.1) is 13.8 Å². The summed E-state index contributed by atoms with van der Waals surface area (Å²) in [5.74, 6) is 0.218. The van der Waals surface area contributed by atoms with Gasteiger partial charge in [0.25, 0.3) is 5.91 Å². The van der Waals surface area contributed by atoms with Crippen molar-refractivity contribution < 1.29 is 4.79 Å². The van der Waals surface area contributed by atoms with Crippen molar-refractivity contribution in [1.82, 2.24) is 15.0 Å². The first-order chi connectivity index (χ1) is 11.1. The van der Waals surface area contributed by atoms with E-state index in [1.807, 2.05) is 32.0 Å². The van der Waals surface area contributed by atoms with Crippen LogP contribution in [0.25, 0.3) is 11.1 Å². The Hall–Kier alpha value is -3.08. The maximum absolute atomic E-state index is 12.4. The SMILES string of the molecule is Cc1cc(-c2cnccc2C)cc(C(=O)Nc2ccccn2)n1. The standard InChI is InChI=1S/C18H16N4O/c1-12-6-8-19-11-15(12)14-9-13(2)21-16(10-14)18(23)22-17-5-3-4-7-20-17/h3-11H,1-2H3,(H,20,22,23). The molecule has 0 unspecified atom stereocenters. The minimum absolute atomic E-state index is 0.282. The molecule has 1 amide bonds. The van der Waals surface area contributed by atoms with Crippen LogP contribution < -0.4 is 5.32 Å². The van der Waals surface area contributed by atoms with Crippen molar-refractivity contribution in [2.24, 2.45) is 0 Å². The molecule has 0 fully saturated rings. The second-order valence-corrected chi connectivity index (χ2v) is 5.24. The average molecular weight is 304 g/mol. The van der Waals surface area contributed by atoms with Crippen LogP contribution in [0.15, 0.2) is 55.0 Å². The van der Waals surface area contributed by atoms with Gasteiger partial charge in [-0.3, -0.25) is 9.78 Å². The van der Waals surface area contributed by atoms with Gasteiger partial charge in [0.05, 0.1) is 0 Å². The maximum atomic E-state index is 12.4. The van der Waals surface area contributed by atoms with Gasteiger partial charge >= 0.3 is 0 Å². The Balaban J connectivity index is 1.95. The molecular formula is C18H16N4O. The molecule has 5 heteroatoms. The second-order valence-electron chi connectivity index (χ2n) is 5.24. The van der Waals surface area contributed by atoms with E-state index in [-0.39, 0.29) is 5.91 Å². The Kier molecular flexibility index (Phi) is 4.10. The number of carbonyl (C=O) groups excluding carboxylic acids is 1. The third kappa shape index (κ3) is 3.40. The van der Waals surface area contributed by atoms with Gasteiger partial charge in [0.2, 0.25) is 0 Å². The number of aryl methyl sites for hydroxylation is 2. The van der Waals surface area contributed by atoms with E-state index in [0.717, 1.165) is 22.4 Å². The maximum Gasteiger partial charge on any atom is 0.275 e. The number of nitrogens with one attached hydrogen (secondary N) is 1. The molecule has 3 aromatic rings. The Morgan fingerprint density at radius 2 is 1.96 bits per heavy atom. The van der Waals surface area contributed by atoms with Gasteiger partial charge in [0, 0.05) is 29.8 Å². The summed E-state index contributed by atoms with van der Waals surface area (Å²) in [7, 11) is 0. The van der Waals surface area contributed by atoms with E-state index in [9.17, 15) is 4.79 Å². The molecule has 0 aliphatic rings. The van der Waals surface area contributed by atoms with Crippen LogP contribution in [0.5, 0.6) is 0 Å². The number of anilines is 1. The first-order valence-electron chi connectivity index (χ1n) is 7.25. The van der Waals surface area contributed by atoms with Crippen molar-refractivity contribution in [3.8, 4) is 11.1 Å². The molecule has 3 aromatic heterocycles. The third-order valence-corrected chi connectivity index (χ3v) is 3.44. The fourth-order valence-corrected chi connectivity index (χ4v) is 2.32. The third-order valence-electron chi connectivity index (χ3n) is 3.44. The summed E-state index contributed by atoms with van der Waals surface area (Å²) < 4.78 is 0. The Morgan fingerprint density at radius 1 is 1.09 bits per heavy atom. The topological polar surface area (TPSA) is 67.8 Å². The van der Waals surface area contributed by atoms with E-state index in [0.29, 0.717) is 11.5 Å². The van der Waals surface area contributed by atoms with Crippen LogP contribution in [0.3, 0.4) is 0 Å². The molecule has 1 N–H and O–H groups in total. The summed E-state index contributed by atoms with van der Waals surface area (Å²) in [4.78, 5) is 25.0. The molecule has 0 aliphatic carbocycles. The molecule has 0 aliphatic heterocycles. The summed E-state index contributed by atoms with van der Waals surface area (Å²) in [6, 6.07) is 11.0. The van der Waals surface area contributed by atoms with E-state index in [4.69, 9.17) is 0 Å². The van der Waals surface area contributed by atoms with Gasteiger partial charge in [-0.2, -0.15) is 0 Å². The minimum atomic E-state index is -0.282. The van der Waals surface area contributed by atoms with Crippen LogP contribution in [-0.4, -0.2) is 20.9 Å². The molecule has 0 atom stereocenters. The molecule has 5 nitrogen and oxygen atoms in total. The van der Waals surface area contributed by atoms with Crippen LogP contribution in [0.4, 0.5) is 5.82 Å². The Bertz CT molecular complexity index is 847. The van der Waals surface area contributed by atoms with E-state index >= 15 is 0 Å². The molecule has 0 bridgehead atoms. The zero-order valence-corrected chi connectivity index (χ0v) is 12.9. The summed E-state index contributed by atoms with van der Waals surface area (Å²) in [6.45, 7) is 3.88. The normalized spacial score (nSPS) is 10.3. The molecule has 0 aromatic carbocycles. The van der Waals surface area contributed by atoms with Gasteiger partial charge in [-0.15, -0.1) is 0 Å². The predicted octanol–water partition coefficient (Wildman–Crippen LogP) is 3.41. The number of aromatic nitrogens is 3. The lowest BCUT2D eigenvalue weighted by molar-refractivity contribution is 0.102. The smallest absolute Gasteiger partial charge is 0.275 e. The van der Waals surface area contributed by atoms with E-state index in [2.05, 4.69) is 20.3 Å². The van der Waals surface area contributed by atoms with E-state index in [1.54, 1.807) is 36.8 Å². The fraction of sp³-hybridized carbons (Fsp3) is 0.111. The van der Waals surface area contributed by atoms with Crippen LogP contribution in [0.2, 0.25) is 0 Å². The van der Waals surface area contributed by atoms with Crippen molar-refractivity contribution in [2.75, 3.05) is 5.32 Å². The Morgan fingerprint density at radius 3 is 2.70 bits per heavy atom. The molecular weight excluding hydrogens is 288 g/mol. The van der Waals surface area contributed by atoms with Crippen molar-refractivity contribution in [3.63, 3.8) is 0 Å². The van der Waals surface area contributed by atoms with E-state index in [1.165, 1.54) is 0 Å². The highest BCUT2D eigenvalue weighted by atomic mass is 16.1. The Labute approximate surface area is 134 Å². The van der Waals surface area contributed by atoms with Crippen molar-refractivity contribution in [3.05, 3.63) is 71.9 Å². The first-order valence-corrected chi connectivity index (χ1v) is 7.25. The number of hydrogen-bond donors (Lipinski definition) is 1. The minimum Gasteiger partial charge on any atom is -0.305 e. The lowest BCUT2D eigenvalue weighted by atomic mass is 10.0. The number of nitrogens with zero attached hydrogens (tertiary/aromatic N) is 3. The quantitative estimate of drug-likeness (QED) is 0.805. The summed E-state index contributed by atoms with van der Waals surface area (Å²) in [5, 5.41) is 2.75. The summed E-state index contributed by atoms with van der Waals surface area (Å²) in [6.07, 6.45) is 5.18. The first kappa shape index (κ1) is 14.8. The molecule has 0 spiro atoms. The molecule has 0 radical (unpaired) electrons. The lowest BCUT2D eigenvalue weighted by Crippen LogP contribution is -2.15. The van der Waals surface area contributed by atoms with Crippen LogP contribution in [0.1, 0.15) is 21.7 Å². The zero-order chi connectivity index (χ0) is 16.2. The number of pyridine rings is 3. The fourth-order valence-electron chi connectivity index (χ4n) is 2.32. The molecule has 3 heterocycles. The van der Waals surface area contributed by atoms with E-state index < -0.39 is 0 Å². The van der Waals surface area contributed by atoms with Gasteiger partial charge in [-0.1, -0.05) is 6.07 Å². The van der Waals surface area contributed by atoms with Gasteiger partial charge in [0.15, 0.2) is 0 Å². The number of rotatable bonds is 3. The summed E-state index contributed by atoms with van der Waals surface area (Å²) >= 11 is 0. The largest absolute Gasteiger partial charge is 0.305 e. The highest BCUT2D eigenvalue weighted by Crippen LogP contribution is 2.23. The average Bonchev–Trinajstić information content (AvgIpc) is 2.55. The number of amides is 1. The van der Waals surface area contributed by atoms with Gasteiger partial charge in [0.1, 0.15) is 11.5 Å². The summed E-state index contributed by atoms with van der Waals surface area (Å²) in [5.41, 5.74) is 4.15. The van der Waals surface area contributed by atoms with Crippen molar-refractivity contribution >= 4 is 11.7 Å². The highest BCUT2D eigenvalue weighted by Gasteiger charge is 2.12. The van der Waals surface area contributed by atoms with Gasteiger partial charge in [-0.25, -0.2) is 9.97 Å². The molecule has 0 saturated carbocycles. The molecule has 3 rings (SSSR count). The lowest BCUT2D eigenvalue weighted by Gasteiger charge is -2.09. The van der Waals surface area contributed by atoms with Gasteiger partial charge < -0.3 is 5.32 Å².